The van der Waals surface area contributed by atoms with Crippen molar-refractivity contribution in [1.29, 1.82) is 0 Å². The molecule has 3 atom stereocenters. The van der Waals surface area contributed by atoms with E-state index in [0.29, 0.717) is 12.3 Å². The fourth-order valence-corrected chi connectivity index (χ4v) is 4.12. The quantitative estimate of drug-likeness (QED) is 0.869. The number of aryl methyl sites for hydroxylation is 2. The van der Waals surface area contributed by atoms with E-state index in [9.17, 15) is 4.79 Å². The molecule has 0 heterocycles. The minimum Gasteiger partial charge on any atom is -0.326 e. The Bertz CT molecular complexity index is 474. The molecule has 0 unspecified atom stereocenters. The predicted octanol–water partition coefficient (Wildman–Crippen LogP) is 4.07. The first-order chi connectivity index (χ1) is 9.10. The fraction of sp³-hybridized carbons (Fsp3) is 0.588. The summed E-state index contributed by atoms with van der Waals surface area (Å²) in [4.78, 5) is 12.2. The standard InChI is InChI=1S/C17H23NO/c1-11-5-12(2)7-16(6-11)18-17(19)10-15-9-13-3-4-14(15)8-13/h5-7,13-15H,3-4,8-10H2,1-2H3,(H,18,19)/t13-,14-,15-/m0/s1. The number of rotatable bonds is 3. The molecule has 2 heteroatoms. The maximum Gasteiger partial charge on any atom is 0.224 e. The summed E-state index contributed by atoms with van der Waals surface area (Å²) in [6.45, 7) is 4.14. The Morgan fingerprint density at radius 1 is 1.16 bits per heavy atom. The third kappa shape index (κ3) is 2.83. The van der Waals surface area contributed by atoms with Crippen molar-refractivity contribution in [3.05, 3.63) is 29.3 Å². The molecular weight excluding hydrogens is 234 g/mol. The first-order valence-corrected chi connectivity index (χ1v) is 7.48. The first-order valence-electron chi connectivity index (χ1n) is 7.48. The summed E-state index contributed by atoms with van der Waals surface area (Å²) in [5.74, 6) is 2.59. The Labute approximate surface area is 115 Å². The van der Waals surface area contributed by atoms with Gasteiger partial charge in [-0.3, -0.25) is 4.79 Å². The number of hydrogen-bond donors (Lipinski definition) is 1. The Morgan fingerprint density at radius 2 is 1.89 bits per heavy atom. The van der Waals surface area contributed by atoms with Crippen LogP contribution in [0.2, 0.25) is 0 Å². The summed E-state index contributed by atoms with van der Waals surface area (Å²) < 4.78 is 0. The van der Waals surface area contributed by atoms with Crippen molar-refractivity contribution in [3.8, 4) is 0 Å². The second-order valence-electron chi connectivity index (χ2n) is 6.56. The lowest BCUT2D eigenvalue weighted by Gasteiger charge is -2.21. The molecule has 2 aliphatic carbocycles. The first kappa shape index (κ1) is 12.7. The van der Waals surface area contributed by atoms with E-state index in [2.05, 4.69) is 25.2 Å². The van der Waals surface area contributed by atoms with Gasteiger partial charge in [-0.2, -0.15) is 0 Å². The molecule has 1 aromatic carbocycles. The Balaban J connectivity index is 1.59. The van der Waals surface area contributed by atoms with Crippen LogP contribution in [0.15, 0.2) is 18.2 Å². The van der Waals surface area contributed by atoms with Crippen LogP contribution in [0.25, 0.3) is 0 Å². The predicted molar refractivity (Wildman–Crippen MR) is 78.1 cm³/mol. The van der Waals surface area contributed by atoms with Gasteiger partial charge in [0.25, 0.3) is 0 Å². The van der Waals surface area contributed by atoms with E-state index in [-0.39, 0.29) is 5.91 Å². The third-order valence-corrected chi connectivity index (χ3v) is 4.84. The van der Waals surface area contributed by atoms with E-state index >= 15 is 0 Å². The van der Waals surface area contributed by atoms with Gasteiger partial charge in [0, 0.05) is 12.1 Å². The van der Waals surface area contributed by atoms with Crippen LogP contribution >= 0.6 is 0 Å². The van der Waals surface area contributed by atoms with Crippen molar-refractivity contribution < 1.29 is 4.79 Å². The topological polar surface area (TPSA) is 29.1 Å². The summed E-state index contributed by atoms with van der Waals surface area (Å²) in [5.41, 5.74) is 3.36. The van der Waals surface area contributed by atoms with Crippen LogP contribution in [-0.2, 0) is 4.79 Å². The molecule has 0 radical (unpaired) electrons. The number of carbonyl (C=O) groups is 1. The zero-order valence-electron chi connectivity index (χ0n) is 11.9. The number of carbonyl (C=O) groups excluding carboxylic acids is 1. The van der Waals surface area contributed by atoms with Crippen molar-refractivity contribution >= 4 is 11.6 Å². The van der Waals surface area contributed by atoms with E-state index in [0.717, 1.165) is 17.5 Å². The van der Waals surface area contributed by atoms with Crippen LogP contribution in [0, 0.1) is 31.6 Å². The van der Waals surface area contributed by atoms with Crippen LogP contribution in [0.4, 0.5) is 5.69 Å². The lowest BCUT2D eigenvalue weighted by atomic mass is 9.86. The number of nitrogens with one attached hydrogen (secondary N) is 1. The zero-order valence-corrected chi connectivity index (χ0v) is 11.9. The van der Waals surface area contributed by atoms with Gasteiger partial charge < -0.3 is 5.32 Å². The van der Waals surface area contributed by atoms with Gasteiger partial charge in [-0.05, 0) is 74.1 Å². The minimum absolute atomic E-state index is 0.197. The average Bonchev–Trinajstić information content (AvgIpc) is 2.88. The average molecular weight is 257 g/mol. The molecule has 3 rings (SSSR count). The molecule has 102 valence electrons. The van der Waals surface area contributed by atoms with Gasteiger partial charge in [-0.15, -0.1) is 0 Å². The zero-order chi connectivity index (χ0) is 13.4. The summed E-state index contributed by atoms with van der Waals surface area (Å²) >= 11 is 0. The normalized spacial score (nSPS) is 28.6. The van der Waals surface area contributed by atoms with Crippen LogP contribution in [0.1, 0.15) is 43.2 Å². The molecule has 1 aromatic rings. The summed E-state index contributed by atoms with van der Waals surface area (Å²) in [6, 6.07) is 6.23. The van der Waals surface area contributed by atoms with Crippen molar-refractivity contribution in [2.75, 3.05) is 5.32 Å². The largest absolute Gasteiger partial charge is 0.326 e. The maximum absolute atomic E-state index is 12.2. The summed E-state index contributed by atoms with van der Waals surface area (Å²) in [7, 11) is 0. The van der Waals surface area contributed by atoms with Crippen molar-refractivity contribution in [2.45, 2.75) is 46.0 Å². The lowest BCUT2D eigenvalue weighted by Crippen LogP contribution is -2.20. The maximum atomic E-state index is 12.2. The van der Waals surface area contributed by atoms with Crippen molar-refractivity contribution in [3.63, 3.8) is 0 Å². The van der Waals surface area contributed by atoms with Gasteiger partial charge in [-0.25, -0.2) is 0 Å². The molecule has 0 saturated heterocycles. The molecule has 2 aliphatic rings. The molecule has 19 heavy (non-hydrogen) atoms. The second kappa shape index (κ2) is 4.99. The van der Waals surface area contributed by atoms with Gasteiger partial charge >= 0.3 is 0 Å². The molecule has 2 fully saturated rings. The Morgan fingerprint density at radius 3 is 2.47 bits per heavy atom. The van der Waals surface area contributed by atoms with Crippen LogP contribution in [0.3, 0.4) is 0 Å². The van der Waals surface area contributed by atoms with Gasteiger partial charge in [0.05, 0.1) is 0 Å². The van der Waals surface area contributed by atoms with E-state index in [1.807, 2.05) is 12.1 Å². The summed E-state index contributed by atoms with van der Waals surface area (Å²) in [5, 5.41) is 3.07. The van der Waals surface area contributed by atoms with E-state index in [1.165, 1.54) is 36.8 Å². The number of anilines is 1. The molecule has 2 nitrogen and oxygen atoms in total. The van der Waals surface area contributed by atoms with Crippen LogP contribution in [-0.4, -0.2) is 5.91 Å². The van der Waals surface area contributed by atoms with Gasteiger partial charge in [0.15, 0.2) is 0 Å². The molecule has 0 aromatic heterocycles. The van der Waals surface area contributed by atoms with E-state index < -0.39 is 0 Å². The fourth-order valence-electron chi connectivity index (χ4n) is 4.12. The highest BCUT2D eigenvalue weighted by molar-refractivity contribution is 5.91. The van der Waals surface area contributed by atoms with Crippen LogP contribution in [0.5, 0.6) is 0 Å². The second-order valence-corrected chi connectivity index (χ2v) is 6.56. The van der Waals surface area contributed by atoms with E-state index in [1.54, 1.807) is 0 Å². The monoisotopic (exact) mass is 257 g/mol. The molecule has 0 aliphatic heterocycles. The molecule has 2 saturated carbocycles. The van der Waals surface area contributed by atoms with Crippen molar-refractivity contribution in [2.24, 2.45) is 17.8 Å². The van der Waals surface area contributed by atoms with Gasteiger partial charge in [-0.1, -0.05) is 12.5 Å². The van der Waals surface area contributed by atoms with Gasteiger partial charge in [0.1, 0.15) is 0 Å². The smallest absolute Gasteiger partial charge is 0.224 e. The Hall–Kier alpha value is -1.31. The molecule has 1 N–H and O–H groups in total. The lowest BCUT2D eigenvalue weighted by molar-refractivity contribution is -0.117. The highest BCUT2D eigenvalue weighted by atomic mass is 16.1. The van der Waals surface area contributed by atoms with Crippen LogP contribution < -0.4 is 5.32 Å². The number of hydrogen-bond acceptors (Lipinski definition) is 1. The molecule has 2 bridgehead atoms. The number of fused-ring (bicyclic) bond motifs is 2. The number of amides is 1. The highest BCUT2D eigenvalue weighted by Gasteiger charge is 2.40. The van der Waals surface area contributed by atoms with E-state index in [4.69, 9.17) is 0 Å². The third-order valence-electron chi connectivity index (χ3n) is 4.84. The molecule has 0 spiro atoms. The number of benzene rings is 1. The molecule has 1 amide bonds. The SMILES string of the molecule is Cc1cc(C)cc(NC(=O)C[C@@H]2C[C@H]3CC[C@H]2C3)c1. The minimum atomic E-state index is 0.197. The van der Waals surface area contributed by atoms with Gasteiger partial charge in [0.2, 0.25) is 5.91 Å². The highest BCUT2D eigenvalue weighted by Crippen LogP contribution is 2.49. The summed E-state index contributed by atoms with van der Waals surface area (Å²) in [6.07, 6.45) is 6.13. The van der Waals surface area contributed by atoms with Crippen molar-refractivity contribution in [1.82, 2.24) is 0 Å². The molecular formula is C17H23NO. The Kier molecular flexibility index (Phi) is 3.34.